The summed E-state index contributed by atoms with van der Waals surface area (Å²) in [5.41, 5.74) is 2.36. The Labute approximate surface area is 145 Å². The van der Waals surface area contributed by atoms with Crippen LogP contribution in [0.4, 0.5) is 0 Å². The second-order valence-corrected chi connectivity index (χ2v) is 6.37. The molecule has 134 valence electrons. The second kappa shape index (κ2) is 7.60. The van der Waals surface area contributed by atoms with E-state index in [4.69, 9.17) is 9.37 Å². The number of benzene rings is 1. The third kappa shape index (κ3) is 3.96. The number of aromatic nitrogens is 2. The predicted molar refractivity (Wildman–Crippen MR) is 89.5 cm³/mol. The van der Waals surface area contributed by atoms with Crippen LogP contribution in [0.15, 0.2) is 22.8 Å². The van der Waals surface area contributed by atoms with Gasteiger partial charge >= 0.3 is 0 Å². The number of carbonyl (C=O) groups excluding carboxylic acids is 2. The highest BCUT2D eigenvalue weighted by Crippen LogP contribution is 2.21. The van der Waals surface area contributed by atoms with Crippen LogP contribution in [-0.2, 0) is 20.9 Å². The molecule has 0 aliphatic carbocycles. The number of likely N-dealkylation sites (tertiary alicyclic amines) is 1. The smallest absolute Gasteiger partial charge is 0.248 e. The summed E-state index contributed by atoms with van der Waals surface area (Å²) in [5.74, 6) is 0.0440. The van der Waals surface area contributed by atoms with Gasteiger partial charge in [-0.25, -0.2) is 4.63 Å². The second-order valence-electron chi connectivity index (χ2n) is 6.37. The average molecular weight is 346 g/mol. The van der Waals surface area contributed by atoms with Gasteiger partial charge in [-0.05, 0) is 40.9 Å². The van der Waals surface area contributed by atoms with E-state index in [2.05, 4.69) is 10.3 Å². The van der Waals surface area contributed by atoms with E-state index >= 15 is 0 Å². The third-order valence-corrected chi connectivity index (χ3v) is 4.58. The van der Waals surface area contributed by atoms with Crippen LogP contribution in [-0.4, -0.2) is 65.8 Å². The fraction of sp³-hybridized carbons (Fsp3) is 0.529. The number of amides is 2. The van der Waals surface area contributed by atoms with Crippen LogP contribution in [0.1, 0.15) is 18.4 Å². The Balaban J connectivity index is 1.55. The maximum atomic E-state index is 12.7. The number of methoxy groups -OCH3 is 1. The van der Waals surface area contributed by atoms with Crippen molar-refractivity contribution in [2.45, 2.75) is 19.4 Å². The van der Waals surface area contributed by atoms with Crippen LogP contribution < -0.4 is 0 Å². The molecule has 0 spiro atoms. The Morgan fingerprint density at radius 1 is 1.28 bits per heavy atom. The molecule has 1 aliphatic heterocycles. The van der Waals surface area contributed by atoms with Crippen molar-refractivity contribution in [1.29, 1.82) is 0 Å². The van der Waals surface area contributed by atoms with E-state index in [1.807, 2.05) is 18.2 Å². The summed E-state index contributed by atoms with van der Waals surface area (Å²) in [7, 11) is 3.31. The summed E-state index contributed by atoms with van der Waals surface area (Å²) in [6.07, 6.45) is 1.37. The van der Waals surface area contributed by atoms with E-state index in [0.717, 1.165) is 5.56 Å². The monoisotopic (exact) mass is 346 g/mol. The molecule has 25 heavy (non-hydrogen) atoms. The number of rotatable bonds is 5. The van der Waals surface area contributed by atoms with Crippen LogP contribution >= 0.6 is 0 Å². The number of nitrogens with zero attached hydrogens (tertiary/aromatic N) is 4. The molecule has 1 aromatic carbocycles. The largest absolute Gasteiger partial charge is 0.375 e. The lowest BCUT2D eigenvalue weighted by Gasteiger charge is -2.33. The molecule has 2 aromatic rings. The Morgan fingerprint density at radius 2 is 2.00 bits per heavy atom. The summed E-state index contributed by atoms with van der Waals surface area (Å²) in [6.45, 7) is 1.80. The highest BCUT2D eigenvalue weighted by Gasteiger charge is 2.29. The summed E-state index contributed by atoms with van der Waals surface area (Å²) in [4.78, 5) is 28.0. The summed E-state index contributed by atoms with van der Waals surface area (Å²) in [5, 5.41) is 7.60. The minimum atomic E-state index is -0.0472. The predicted octanol–water partition coefficient (Wildman–Crippen LogP) is 1.07. The number of ether oxygens (including phenoxy) is 1. The van der Waals surface area contributed by atoms with Crippen molar-refractivity contribution in [2.75, 3.05) is 33.9 Å². The first kappa shape index (κ1) is 17.3. The first-order chi connectivity index (χ1) is 12.1. The molecule has 8 heteroatoms. The lowest BCUT2D eigenvalue weighted by Crippen LogP contribution is -2.44. The first-order valence-corrected chi connectivity index (χ1v) is 8.31. The van der Waals surface area contributed by atoms with Crippen LogP contribution in [0.25, 0.3) is 11.0 Å². The molecule has 1 aromatic heterocycles. The van der Waals surface area contributed by atoms with Gasteiger partial charge in [0.1, 0.15) is 17.6 Å². The molecule has 0 radical (unpaired) electrons. The Kier molecular flexibility index (Phi) is 5.28. The highest BCUT2D eigenvalue weighted by molar-refractivity contribution is 5.80. The fourth-order valence-electron chi connectivity index (χ4n) is 3.18. The SMILES string of the molecule is COCC(=O)N1CCC(C(=O)N(C)Cc2ccc3nonc3c2)CC1. The molecule has 0 N–H and O–H groups in total. The van der Waals surface area contributed by atoms with Gasteiger partial charge in [0, 0.05) is 39.7 Å². The van der Waals surface area contributed by atoms with E-state index in [9.17, 15) is 9.59 Å². The topological polar surface area (TPSA) is 88.8 Å². The van der Waals surface area contributed by atoms with Crippen molar-refractivity contribution in [2.24, 2.45) is 5.92 Å². The molecule has 2 amide bonds. The normalized spacial score (nSPS) is 15.5. The molecule has 8 nitrogen and oxygen atoms in total. The van der Waals surface area contributed by atoms with Crippen molar-refractivity contribution < 1.29 is 19.0 Å². The Morgan fingerprint density at radius 3 is 2.72 bits per heavy atom. The third-order valence-electron chi connectivity index (χ3n) is 4.58. The molecule has 0 bridgehead atoms. The lowest BCUT2D eigenvalue weighted by atomic mass is 9.95. The summed E-state index contributed by atoms with van der Waals surface area (Å²) >= 11 is 0. The van der Waals surface area contributed by atoms with Gasteiger partial charge in [0.05, 0.1) is 0 Å². The van der Waals surface area contributed by atoms with Gasteiger partial charge in [-0.3, -0.25) is 9.59 Å². The van der Waals surface area contributed by atoms with Gasteiger partial charge in [0.25, 0.3) is 0 Å². The van der Waals surface area contributed by atoms with Crippen LogP contribution in [0.3, 0.4) is 0 Å². The summed E-state index contributed by atoms with van der Waals surface area (Å²) < 4.78 is 9.57. The van der Waals surface area contributed by atoms with Gasteiger partial charge in [-0.2, -0.15) is 0 Å². The first-order valence-electron chi connectivity index (χ1n) is 8.31. The fourth-order valence-corrected chi connectivity index (χ4v) is 3.18. The molecule has 0 saturated carbocycles. The van der Waals surface area contributed by atoms with Gasteiger partial charge in [0.15, 0.2) is 0 Å². The van der Waals surface area contributed by atoms with E-state index in [-0.39, 0.29) is 24.3 Å². The zero-order chi connectivity index (χ0) is 17.8. The van der Waals surface area contributed by atoms with Crippen LogP contribution in [0.2, 0.25) is 0 Å². The van der Waals surface area contributed by atoms with Gasteiger partial charge in [0.2, 0.25) is 11.8 Å². The van der Waals surface area contributed by atoms with Crippen molar-refractivity contribution in [3.8, 4) is 0 Å². The standard InChI is InChI=1S/C17H22N4O4/c1-20(10-12-3-4-14-15(9-12)19-25-18-14)17(23)13-5-7-21(8-6-13)16(22)11-24-2/h3-4,9,13H,5-8,10-11H2,1-2H3. The molecule has 0 unspecified atom stereocenters. The number of piperidine rings is 1. The molecule has 0 atom stereocenters. The zero-order valence-electron chi connectivity index (χ0n) is 14.5. The molecule has 1 aliphatic rings. The molecular weight excluding hydrogens is 324 g/mol. The summed E-state index contributed by atoms with van der Waals surface area (Å²) in [6, 6.07) is 5.63. The van der Waals surface area contributed by atoms with E-state index in [1.54, 1.807) is 16.8 Å². The number of hydrogen-bond acceptors (Lipinski definition) is 6. The van der Waals surface area contributed by atoms with Gasteiger partial charge in [-0.1, -0.05) is 6.07 Å². The van der Waals surface area contributed by atoms with Crippen LogP contribution in [0, 0.1) is 5.92 Å². The molecular formula is C17H22N4O4. The maximum Gasteiger partial charge on any atom is 0.248 e. The van der Waals surface area contributed by atoms with E-state index in [0.29, 0.717) is 43.5 Å². The minimum absolute atomic E-state index is 0.0173. The number of fused-ring (bicyclic) bond motifs is 1. The number of hydrogen-bond donors (Lipinski definition) is 0. The van der Waals surface area contributed by atoms with Crippen molar-refractivity contribution in [3.05, 3.63) is 23.8 Å². The molecule has 3 rings (SSSR count). The molecule has 2 heterocycles. The van der Waals surface area contributed by atoms with Crippen molar-refractivity contribution in [3.63, 3.8) is 0 Å². The Hall–Kier alpha value is -2.48. The van der Waals surface area contributed by atoms with E-state index < -0.39 is 0 Å². The number of carbonyl (C=O) groups is 2. The lowest BCUT2D eigenvalue weighted by molar-refractivity contribution is -0.142. The van der Waals surface area contributed by atoms with Gasteiger partial charge in [-0.15, -0.1) is 0 Å². The van der Waals surface area contributed by atoms with Crippen molar-refractivity contribution in [1.82, 2.24) is 20.1 Å². The van der Waals surface area contributed by atoms with Crippen LogP contribution in [0.5, 0.6) is 0 Å². The Bertz CT molecular complexity index is 752. The highest BCUT2D eigenvalue weighted by atomic mass is 16.6. The maximum absolute atomic E-state index is 12.7. The minimum Gasteiger partial charge on any atom is -0.375 e. The van der Waals surface area contributed by atoms with E-state index in [1.165, 1.54) is 7.11 Å². The molecule has 1 saturated heterocycles. The average Bonchev–Trinajstić information content (AvgIpc) is 3.09. The van der Waals surface area contributed by atoms with Gasteiger partial charge < -0.3 is 14.5 Å². The molecule has 1 fully saturated rings. The quantitative estimate of drug-likeness (QED) is 0.804. The zero-order valence-corrected chi connectivity index (χ0v) is 14.5. The van der Waals surface area contributed by atoms with Crippen molar-refractivity contribution >= 4 is 22.8 Å².